The number of alkyl halides is 1. The van der Waals surface area contributed by atoms with Gasteiger partial charge in [-0.2, -0.15) is 0 Å². The first kappa shape index (κ1) is 11.2. The summed E-state index contributed by atoms with van der Waals surface area (Å²) in [5, 5.41) is 9.70. The molecule has 0 saturated heterocycles. The van der Waals surface area contributed by atoms with E-state index in [2.05, 4.69) is 0 Å². The number of halogens is 1. The summed E-state index contributed by atoms with van der Waals surface area (Å²) in [5.41, 5.74) is 1.77. The van der Waals surface area contributed by atoms with Gasteiger partial charge in [-0.15, -0.1) is 11.6 Å². The zero-order chi connectivity index (χ0) is 11.4. The molecule has 2 aromatic carbocycles. The van der Waals surface area contributed by atoms with E-state index in [0.29, 0.717) is 0 Å². The van der Waals surface area contributed by atoms with Crippen molar-refractivity contribution in [1.82, 2.24) is 0 Å². The summed E-state index contributed by atoms with van der Waals surface area (Å²) in [5.74, 6) is 0. The van der Waals surface area contributed by atoms with E-state index < -0.39 is 11.5 Å². The second-order valence-corrected chi connectivity index (χ2v) is 4.14. The Balaban J connectivity index is 2.20. The summed E-state index contributed by atoms with van der Waals surface area (Å²) < 4.78 is 0. The summed E-state index contributed by atoms with van der Waals surface area (Å²) in [7, 11) is 0. The molecule has 82 valence electrons. The molecular weight excluding hydrogens is 220 g/mol. The minimum atomic E-state index is -0.676. The highest BCUT2D eigenvalue weighted by molar-refractivity contribution is 6.21. The van der Waals surface area contributed by atoms with Crippen LogP contribution < -0.4 is 0 Å². The lowest BCUT2D eigenvalue weighted by Crippen LogP contribution is -2.05. The minimum absolute atomic E-state index is 0.413. The smallest absolute Gasteiger partial charge is 0.0994 e. The zero-order valence-corrected chi connectivity index (χ0v) is 9.51. The van der Waals surface area contributed by atoms with E-state index in [-0.39, 0.29) is 0 Å². The van der Waals surface area contributed by atoms with Gasteiger partial charge in [-0.25, -0.2) is 0 Å². The van der Waals surface area contributed by atoms with E-state index in [1.54, 1.807) is 0 Å². The third-order valence-electron chi connectivity index (χ3n) is 2.54. The van der Waals surface area contributed by atoms with E-state index in [1.807, 2.05) is 60.7 Å². The van der Waals surface area contributed by atoms with Crippen molar-refractivity contribution in [3.05, 3.63) is 71.8 Å². The van der Waals surface area contributed by atoms with Crippen LogP contribution in [-0.4, -0.2) is 5.11 Å². The van der Waals surface area contributed by atoms with Gasteiger partial charge in [0.1, 0.15) is 0 Å². The van der Waals surface area contributed by atoms with Crippen LogP contribution in [0.3, 0.4) is 0 Å². The first-order valence-electron chi connectivity index (χ1n) is 5.21. The van der Waals surface area contributed by atoms with Gasteiger partial charge in [0.05, 0.1) is 11.5 Å². The van der Waals surface area contributed by atoms with Gasteiger partial charge in [-0.05, 0) is 11.1 Å². The van der Waals surface area contributed by atoms with Crippen LogP contribution in [0, 0.1) is 0 Å². The van der Waals surface area contributed by atoms with Crippen molar-refractivity contribution in [2.24, 2.45) is 0 Å². The second kappa shape index (κ2) is 5.15. The van der Waals surface area contributed by atoms with Crippen molar-refractivity contribution in [3.8, 4) is 0 Å². The second-order valence-electron chi connectivity index (χ2n) is 3.67. The Morgan fingerprint density at radius 3 is 1.69 bits per heavy atom. The molecule has 0 aliphatic rings. The standard InChI is InChI=1S/C14H13ClO/c15-13(11-7-3-1-4-8-11)14(16)12-9-5-2-6-10-12/h1-10,13-14,16H/t13-,14-/m0/s1. The Hall–Kier alpha value is -1.31. The number of aliphatic hydroxyl groups excluding tert-OH is 1. The van der Waals surface area contributed by atoms with Crippen molar-refractivity contribution in [3.63, 3.8) is 0 Å². The predicted octanol–water partition coefficient (Wildman–Crippen LogP) is 3.70. The van der Waals surface area contributed by atoms with Crippen molar-refractivity contribution in [2.45, 2.75) is 11.5 Å². The Labute approximate surface area is 100 Å². The van der Waals surface area contributed by atoms with E-state index in [0.717, 1.165) is 11.1 Å². The maximum Gasteiger partial charge on any atom is 0.0994 e. The van der Waals surface area contributed by atoms with Crippen molar-refractivity contribution in [1.29, 1.82) is 0 Å². The lowest BCUT2D eigenvalue weighted by molar-refractivity contribution is 0.172. The SMILES string of the molecule is O[C@@H](c1ccccc1)[C@@H](Cl)c1ccccc1. The Morgan fingerprint density at radius 2 is 1.19 bits per heavy atom. The van der Waals surface area contributed by atoms with Crippen molar-refractivity contribution in [2.75, 3.05) is 0 Å². The average molecular weight is 233 g/mol. The minimum Gasteiger partial charge on any atom is -0.387 e. The molecule has 2 aromatic rings. The molecule has 0 fully saturated rings. The molecule has 16 heavy (non-hydrogen) atoms. The van der Waals surface area contributed by atoms with Gasteiger partial charge in [0.15, 0.2) is 0 Å². The number of hydrogen-bond acceptors (Lipinski definition) is 1. The van der Waals surface area contributed by atoms with E-state index in [9.17, 15) is 5.11 Å². The molecule has 0 amide bonds. The van der Waals surface area contributed by atoms with Crippen LogP contribution in [-0.2, 0) is 0 Å². The molecule has 0 saturated carbocycles. The van der Waals surface area contributed by atoms with Crippen molar-refractivity contribution >= 4 is 11.6 Å². The molecule has 2 atom stereocenters. The van der Waals surface area contributed by atoms with Gasteiger partial charge in [-0.1, -0.05) is 60.7 Å². The van der Waals surface area contributed by atoms with Crippen LogP contribution >= 0.6 is 11.6 Å². The van der Waals surface area contributed by atoms with Gasteiger partial charge in [-0.3, -0.25) is 0 Å². The first-order valence-corrected chi connectivity index (χ1v) is 5.64. The molecule has 0 aliphatic carbocycles. The highest BCUT2D eigenvalue weighted by atomic mass is 35.5. The van der Waals surface area contributed by atoms with Gasteiger partial charge in [0, 0.05) is 0 Å². The van der Waals surface area contributed by atoms with E-state index in [1.165, 1.54) is 0 Å². The van der Waals surface area contributed by atoms with Gasteiger partial charge >= 0.3 is 0 Å². The summed E-state index contributed by atoms with van der Waals surface area (Å²) in [6.45, 7) is 0. The summed E-state index contributed by atoms with van der Waals surface area (Å²) >= 11 is 6.24. The van der Waals surface area contributed by atoms with Crippen LogP contribution in [0.25, 0.3) is 0 Å². The topological polar surface area (TPSA) is 20.2 Å². The first-order chi connectivity index (χ1) is 7.79. The lowest BCUT2D eigenvalue weighted by atomic mass is 10.0. The number of aliphatic hydroxyl groups is 1. The molecule has 0 aromatic heterocycles. The molecule has 1 N–H and O–H groups in total. The quantitative estimate of drug-likeness (QED) is 0.800. The average Bonchev–Trinajstić information content (AvgIpc) is 2.39. The predicted molar refractivity (Wildman–Crippen MR) is 66.4 cm³/mol. The fraction of sp³-hybridized carbons (Fsp3) is 0.143. The largest absolute Gasteiger partial charge is 0.387 e. The maximum atomic E-state index is 10.1. The molecule has 0 heterocycles. The fourth-order valence-electron chi connectivity index (χ4n) is 1.64. The molecule has 0 aliphatic heterocycles. The van der Waals surface area contributed by atoms with Gasteiger partial charge < -0.3 is 5.11 Å². The van der Waals surface area contributed by atoms with Crippen LogP contribution in [0.15, 0.2) is 60.7 Å². The monoisotopic (exact) mass is 232 g/mol. The van der Waals surface area contributed by atoms with E-state index >= 15 is 0 Å². The third-order valence-corrected chi connectivity index (χ3v) is 3.03. The summed E-state index contributed by atoms with van der Waals surface area (Å²) in [6.07, 6.45) is -0.676. The number of benzene rings is 2. The highest BCUT2D eigenvalue weighted by Gasteiger charge is 2.19. The maximum absolute atomic E-state index is 10.1. The van der Waals surface area contributed by atoms with Crippen molar-refractivity contribution < 1.29 is 5.11 Å². The number of hydrogen-bond donors (Lipinski definition) is 1. The lowest BCUT2D eigenvalue weighted by Gasteiger charge is -2.17. The normalized spacial score (nSPS) is 14.4. The number of rotatable bonds is 3. The molecule has 2 rings (SSSR count). The molecule has 0 unspecified atom stereocenters. The molecule has 0 spiro atoms. The van der Waals surface area contributed by atoms with Crippen LogP contribution in [0.1, 0.15) is 22.6 Å². The van der Waals surface area contributed by atoms with Crippen LogP contribution in [0.5, 0.6) is 0 Å². The van der Waals surface area contributed by atoms with Gasteiger partial charge in [0.25, 0.3) is 0 Å². The molecular formula is C14H13ClO. The van der Waals surface area contributed by atoms with E-state index in [4.69, 9.17) is 11.6 Å². The molecule has 0 bridgehead atoms. The Kier molecular flexibility index (Phi) is 3.60. The Bertz CT molecular complexity index is 384. The van der Waals surface area contributed by atoms with Crippen LogP contribution in [0.4, 0.5) is 0 Å². The highest BCUT2D eigenvalue weighted by Crippen LogP contribution is 2.33. The summed E-state index contributed by atoms with van der Waals surface area (Å²) in [6, 6.07) is 19.1. The van der Waals surface area contributed by atoms with Crippen LogP contribution in [0.2, 0.25) is 0 Å². The zero-order valence-electron chi connectivity index (χ0n) is 8.75. The molecule has 1 nitrogen and oxygen atoms in total. The molecule has 2 heteroatoms. The Morgan fingerprint density at radius 1 is 0.750 bits per heavy atom. The molecule has 0 radical (unpaired) electrons. The summed E-state index contributed by atoms with van der Waals surface area (Å²) in [4.78, 5) is 0. The third kappa shape index (κ3) is 2.43. The van der Waals surface area contributed by atoms with Gasteiger partial charge in [0.2, 0.25) is 0 Å². The fourth-order valence-corrected chi connectivity index (χ4v) is 1.93.